The fourth-order valence-electron chi connectivity index (χ4n) is 2.74. The second-order valence-corrected chi connectivity index (χ2v) is 7.55. The minimum atomic E-state index is 0.232. The Morgan fingerprint density at radius 2 is 2.04 bits per heavy atom. The maximum Gasteiger partial charge on any atom is 0.229 e. The van der Waals surface area contributed by atoms with Crippen LogP contribution in [0.25, 0.3) is 0 Å². The number of aromatic nitrogens is 2. The summed E-state index contributed by atoms with van der Waals surface area (Å²) in [6.07, 6.45) is 4.95. The molecule has 2 aromatic rings. The van der Waals surface area contributed by atoms with Crippen molar-refractivity contribution in [1.29, 1.82) is 0 Å². The third-order valence-electron chi connectivity index (χ3n) is 4.62. The lowest BCUT2D eigenvalue weighted by Gasteiger charge is -2.29. The predicted octanol–water partition coefficient (Wildman–Crippen LogP) is 3.96. The summed E-state index contributed by atoms with van der Waals surface area (Å²) in [7, 11) is 1.86. The largest absolute Gasteiger partial charge is 0.367 e. The van der Waals surface area contributed by atoms with Crippen molar-refractivity contribution in [3.05, 3.63) is 40.5 Å². The average Bonchev–Trinajstić information content (AvgIpc) is 2.58. The quantitative estimate of drug-likeness (QED) is 0.713. The first kappa shape index (κ1) is 18.6. The van der Waals surface area contributed by atoms with E-state index < -0.39 is 0 Å². The van der Waals surface area contributed by atoms with Crippen LogP contribution in [0.3, 0.4) is 0 Å². The lowest BCUT2D eigenvalue weighted by Crippen LogP contribution is -2.38. The van der Waals surface area contributed by atoms with Gasteiger partial charge in [-0.1, -0.05) is 24.1 Å². The number of anilines is 3. The molecule has 6 nitrogen and oxygen atoms in total. The van der Waals surface area contributed by atoms with Crippen molar-refractivity contribution in [1.82, 2.24) is 14.9 Å². The molecular weight excluding hydrogens is 394 g/mol. The van der Waals surface area contributed by atoms with Crippen LogP contribution in [0.5, 0.6) is 0 Å². The van der Waals surface area contributed by atoms with E-state index >= 15 is 0 Å². The van der Waals surface area contributed by atoms with Crippen LogP contribution in [0.1, 0.15) is 24.8 Å². The van der Waals surface area contributed by atoms with Gasteiger partial charge in [0.15, 0.2) is 0 Å². The Bertz CT molecular complexity index is 761. The second kappa shape index (κ2) is 8.49. The number of benzene rings is 1. The number of rotatable bonds is 7. The second-order valence-electron chi connectivity index (χ2n) is 6.70. The van der Waals surface area contributed by atoms with Crippen LogP contribution in [-0.4, -0.2) is 40.9 Å². The van der Waals surface area contributed by atoms with Crippen molar-refractivity contribution in [2.24, 2.45) is 5.92 Å². The molecule has 26 heavy (non-hydrogen) atoms. The topological polar surface area (TPSA) is 70.2 Å². The van der Waals surface area contributed by atoms with Crippen LogP contribution in [0, 0.1) is 12.8 Å². The molecule has 0 unspecified atom stereocenters. The van der Waals surface area contributed by atoms with Gasteiger partial charge in [-0.2, -0.15) is 4.98 Å². The summed E-state index contributed by atoms with van der Waals surface area (Å²) in [5.74, 6) is 1.72. The van der Waals surface area contributed by atoms with Crippen LogP contribution < -0.4 is 10.6 Å². The zero-order chi connectivity index (χ0) is 18.5. The van der Waals surface area contributed by atoms with E-state index in [2.05, 4.69) is 43.5 Å². The van der Waals surface area contributed by atoms with E-state index in [4.69, 9.17) is 0 Å². The molecule has 2 N–H and O–H groups in total. The summed E-state index contributed by atoms with van der Waals surface area (Å²) < 4.78 is 0.792. The number of halogens is 1. The first-order chi connectivity index (χ1) is 12.5. The Morgan fingerprint density at radius 3 is 2.69 bits per heavy atom. The van der Waals surface area contributed by atoms with E-state index in [9.17, 15) is 4.79 Å². The van der Waals surface area contributed by atoms with Gasteiger partial charge in [0.1, 0.15) is 5.82 Å². The maximum absolute atomic E-state index is 12.2. The van der Waals surface area contributed by atoms with Gasteiger partial charge in [-0.15, -0.1) is 0 Å². The normalized spacial score (nSPS) is 13.8. The standard InChI is InChI=1S/C19H24BrN5O/c1-13-6-8-15(9-7-13)23-19-22-12-16(20)17(24-19)21-10-11-25(2)18(26)14-4-3-5-14/h6-9,12,14H,3-5,10-11H2,1-2H3,(H2,21,22,23,24). The lowest BCUT2D eigenvalue weighted by molar-refractivity contribution is -0.136. The zero-order valence-corrected chi connectivity index (χ0v) is 16.7. The molecule has 1 aromatic carbocycles. The number of hydrogen-bond donors (Lipinski definition) is 2. The molecule has 0 spiro atoms. The minimum Gasteiger partial charge on any atom is -0.367 e. The predicted molar refractivity (Wildman–Crippen MR) is 108 cm³/mol. The Kier molecular flexibility index (Phi) is 6.08. The van der Waals surface area contributed by atoms with Crippen molar-refractivity contribution in [3.8, 4) is 0 Å². The number of hydrogen-bond acceptors (Lipinski definition) is 5. The SMILES string of the molecule is Cc1ccc(Nc2ncc(Br)c(NCCN(C)C(=O)C3CCC3)n2)cc1. The molecule has 0 saturated heterocycles. The molecule has 1 aliphatic rings. The summed E-state index contributed by atoms with van der Waals surface area (Å²) >= 11 is 3.47. The van der Waals surface area contributed by atoms with Gasteiger partial charge >= 0.3 is 0 Å². The third-order valence-corrected chi connectivity index (χ3v) is 5.20. The van der Waals surface area contributed by atoms with Gasteiger partial charge < -0.3 is 15.5 Å². The zero-order valence-electron chi connectivity index (χ0n) is 15.1. The van der Waals surface area contributed by atoms with E-state index in [1.54, 1.807) is 11.1 Å². The smallest absolute Gasteiger partial charge is 0.229 e. The van der Waals surface area contributed by atoms with E-state index in [1.165, 1.54) is 12.0 Å². The Labute approximate surface area is 162 Å². The Balaban J connectivity index is 1.55. The lowest BCUT2D eigenvalue weighted by atomic mass is 9.84. The van der Waals surface area contributed by atoms with Gasteiger partial charge in [-0.3, -0.25) is 4.79 Å². The molecule has 1 aliphatic carbocycles. The fraction of sp³-hybridized carbons (Fsp3) is 0.421. The fourth-order valence-corrected chi connectivity index (χ4v) is 3.07. The molecule has 1 aromatic heterocycles. The number of aryl methyl sites for hydroxylation is 1. The van der Waals surface area contributed by atoms with Gasteiger partial charge in [0, 0.05) is 37.9 Å². The van der Waals surface area contributed by atoms with Crippen LogP contribution in [-0.2, 0) is 4.79 Å². The van der Waals surface area contributed by atoms with Crippen molar-refractivity contribution >= 4 is 39.3 Å². The molecular formula is C19H24BrN5O. The summed E-state index contributed by atoms with van der Waals surface area (Å²) in [6.45, 7) is 3.33. The highest BCUT2D eigenvalue weighted by atomic mass is 79.9. The first-order valence-corrected chi connectivity index (χ1v) is 9.67. The first-order valence-electron chi connectivity index (χ1n) is 8.88. The van der Waals surface area contributed by atoms with E-state index in [0.717, 1.165) is 23.0 Å². The molecule has 3 rings (SSSR count). The van der Waals surface area contributed by atoms with Crippen molar-refractivity contribution < 1.29 is 4.79 Å². The maximum atomic E-state index is 12.2. The molecule has 0 aliphatic heterocycles. The van der Waals surface area contributed by atoms with Crippen molar-refractivity contribution in [3.63, 3.8) is 0 Å². The van der Waals surface area contributed by atoms with E-state index in [1.807, 2.05) is 31.3 Å². The van der Waals surface area contributed by atoms with Gasteiger partial charge in [-0.05, 0) is 47.8 Å². The van der Waals surface area contributed by atoms with Gasteiger partial charge in [-0.25, -0.2) is 4.98 Å². The molecule has 0 radical (unpaired) electrons. The Hall–Kier alpha value is -2.15. The number of amides is 1. The van der Waals surface area contributed by atoms with Crippen LogP contribution in [0.4, 0.5) is 17.5 Å². The number of carbonyl (C=O) groups is 1. The van der Waals surface area contributed by atoms with Crippen molar-refractivity contribution in [2.75, 3.05) is 30.8 Å². The molecule has 1 saturated carbocycles. The highest BCUT2D eigenvalue weighted by Crippen LogP contribution is 2.28. The molecule has 138 valence electrons. The third kappa shape index (κ3) is 4.72. The van der Waals surface area contributed by atoms with Crippen LogP contribution in [0.2, 0.25) is 0 Å². The molecule has 0 atom stereocenters. The average molecular weight is 418 g/mol. The van der Waals surface area contributed by atoms with Gasteiger partial charge in [0.05, 0.1) is 4.47 Å². The van der Waals surface area contributed by atoms with Gasteiger partial charge in [0.2, 0.25) is 11.9 Å². The summed E-state index contributed by atoms with van der Waals surface area (Å²) in [5.41, 5.74) is 2.14. The molecule has 1 amide bonds. The monoisotopic (exact) mass is 417 g/mol. The number of nitrogens with one attached hydrogen (secondary N) is 2. The summed E-state index contributed by atoms with van der Waals surface area (Å²) in [4.78, 5) is 22.8. The van der Waals surface area contributed by atoms with E-state index in [0.29, 0.717) is 24.9 Å². The number of nitrogens with zero attached hydrogens (tertiary/aromatic N) is 3. The molecule has 1 heterocycles. The highest BCUT2D eigenvalue weighted by Gasteiger charge is 2.27. The molecule has 7 heteroatoms. The van der Waals surface area contributed by atoms with Crippen LogP contribution >= 0.6 is 15.9 Å². The summed E-state index contributed by atoms with van der Waals surface area (Å²) in [6, 6.07) is 8.06. The van der Waals surface area contributed by atoms with E-state index in [-0.39, 0.29) is 11.8 Å². The molecule has 0 bridgehead atoms. The van der Waals surface area contributed by atoms with Crippen LogP contribution in [0.15, 0.2) is 34.9 Å². The Morgan fingerprint density at radius 1 is 1.31 bits per heavy atom. The van der Waals surface area contributed by atoms with Gasteiger partial charge in [0.25, 0.3) is 0 Å². The number of carbonyl (C=O) groups excluding carboxylic acids is 1. The summed E-state index contributed by atoms with van der Waals surface area (Å²) in [5, 5.41) is 6.48. The number of likely N-dealkylation sites (N-methyl/N-ethyl adjacent to an activating group) is 1. The van der Waals surface area contributed by atoms with Crippen molar-refractivity contribution in [2.45, 2.75) is 26.2 Å². The minimum absolute atomic E-state index is 0.232. The highest BCUT2D eigenvalue weighted by molar-refractivity contribution is 9.10. The molecule has 1 fully saturated rings.